The van der Waals surface area contributed by atoms with Gasteiger partial charge in [0.2, 0.25) is 0 Å². The summed E-state index contributed by atoms with van der Waals surface area (Å²) in [5, 5.41) is 4.38. The normalized spacial score (nSPS) is 10.5. The van der Waals surface area contributed by atoms with Crippen LogP contribution in [0.1, 0.15) is 19.5 Å². The first-order chi connectivity index (χ1) is 9.23. The molecule has 0 spiro atoms. The van der Waals surface area contributed by atoms with E-state index < -0.39 is 0 Å². The molecule has 0 bridgehead atoms. The third-order valence-electron chi connectivity index (χ3n) is 3.08. The summed E-state index contributed by atoms with van der Waals surface area (Å²) in [6.07, 6.45) is 0.897. The average molecular weight is 260 g/mol. The first-order valence-corrected chi connectivity index (χ1v) is 6.53. The summed E-state index contributed by atoms with van der Waals surface area (Å²) in [5.74, 6) is 1.54. The van der Waals surface area contributed by atoms with Gasteiger partial charge in [0, 0.05) is 30.1 Å². The third kappa shape index (κ3) is 2.57. The largest absolute Gasteiger partial charge is 0.497 e. The number of rotatable bonds is 5. The Balaban J connectivity index is 2.75. The molecule has 0 saturated heterocycles. The topological polar surface area (TPSA) is 43.4 Å². The van der Waals surface area contributed by atoms with E-state index in [1.54, 1.807) is 14.2 Å². The Bertz CT molecular complexity index is 577. The molecule has 0 radical (unpaired) electrons. The molecule has 1 N–H and O–H groups in total. The molecule has 4 heteroatoms. The minimum Gasteiger partial charge on any atom is -0.497 e. The molecule has 0 aliphatic carbocycles. The summed E-state index contributed by atoms with van der Waals surface area (Å²) < 4.78 is 10.8. The van der Waals surface area contributed by atoms with Crippen molar-refractivity contribution in [2.75, 3.05) is 26.1 Å². The maximum atomic E-state index is 5.47. The number of nitrogens with one attached hydrogen (secondary N) is 1. The second-order valence-electron chi connectivity index (χ2n) is 4.27. The van der Waals surface area contributed by atoms with Crippen LogP contribution in [0.3, 0.4) is 0 Å². The summed E-state index contributed by atoms with van der Waals surface area (Å²) in [6.45, 7) is 5.03. The van der Waals surface area contributed by atoms with Gasteiger partial charge in [-0.05, 0) is 19.4 Å². The van der Waals surface area contributed by atoms with E-state index in [0.29, 0.717) is 0 Å². The summed E-state index contributed by atoms with van der Waals surface area (Å²) in [4.78, 5) is 4.65. The number of aryl methyl sites for hydroxylation is 1. The second kappa shape index (κ2) is 5.78. The molecule has 1 heterocycles. The lowest BCUT2D eigenvalue weighted by Crippen LogP contribution is -2.02. The van der Waals surface area contributed by atoms with E-state index in [-0.39, 0.29) is 0 Å². The van der Waals surface area contributed by atoms with Gasteiger partial charge in [-0.3, -0.25) is 4.98 Å². The number of methoxy groups -OCH3 is 2. The average Bonchev–Trinajstić information content (AvgIpc) is 2.45. The van der Waals surface area contributed by atoms with Crippen LogP contribution in [0, 0.1) is 0 Å². The van der Waals surface area contributed by atoms with E-state index >= 15 is 0 Å². The predicted octanol–water partition coefficient (Wildman–Crippen LogP) is 3.25. The van der Waals surface area contributed by atoms with Crippen LogP contribution in [0.5, 0.6) is 11.5 Å². The number of hydrogen-bond donors (Lipinski definition) is 1. The van der Waals surface area contributed by atoms with E-state index in [1.165, 1.54) is 0 Å². The van der Waals surface area contributed by atoms with E-state index in [2.05, 4.69) is 30.2 Å². The van der Waals surface area contributed by atoms with Gasteiger partial charge in [-0.2, -0.15) is 0 Å². The Hall–Kier alpha value is -1.97. The Labute approximate surface area is 113 Å². The molecular weight excluding hydrogens is 240 g/mol. The van der Waals surface area contributed by atoms with Crippen LogP contribution in [0.15, 0.2) is 18.2 Å². The molecule has 0 amide bonds. The smallest absolute Gasteiger partial charge is 0.134 e. The van der Waals surface area contributed by atoms with Crippen molar-refractivity contribution in [2.45, 2.75) is 20.3 Å². The number of pyridine rings is 1. The SMILES string of the molecule is CCNc1cc(CC)nc2cc(OC)cc(OC)c12. The zero-order valence-corrected chi connectivity index (χ0v) is 11.9. The highest BCUT2D eigenvalue weighted by atomic mass is 16.5. The summed E-state index contributed by atoms with van der Waals surface area (Å²) in [6, 6.07) is 5.91. The number of benzene rings is 1. The fourth-order valence-electron chi connectivity index (χ4n) is 2.15. The standard InChI is InChI=1S/C15H20N2O2/c1-5-10-7-12(16-6-2)15-13(17-10)8-11(18-3)9-14(15)19-4/h7-9H,5-6H2,1-4H3,(H,16,17). The quantitative estimate of drug-likeness (QED) is 0.896. The predicted molar refractivity (Wildman–Crippen MR) is 78.4 cm³/mol. The Morgan fingerprint density at radius 2 is 1.89 bits per heavy atom. The van der Waals surface area contributed by atoms with Crippen LogP contribution >= 0.6 is 0 Å². The monoisotopic (exact) mass is 260 g/mol. The number of hydrogen-bond acceptors (Lipinski definition) is 4. The minimum atomic E-state index is 0.757. The molecule has 19 heavy (non-hydrogen) atoms. The van der Waals surface area contributed by atoms with Gasteiger partial charge in [0.1, 0.15) is 11.5 Å². The van der Waals surface area contributed by atoms with Crippen LogP contribution in [0.25, 0.3) is 10.9 Å². The molecule has 2 aromatic rings. The lowest BCUT2D eigenvalue weighted by atomic mass is 10.1. The van der Waals surface area contributed by atoms with Crippen molar-refractivity contribution >= 4 is 16.6 Å². The number of aromatic nitrogens is 1. The molecule has 0 atom stereocenters. The van der Waals surface area contributed by atoms with Gasteiger partial charge in [0.25, 0.3) is 0 Å². The molecule has 1 aromatic carbocycles. The minimum absolute atomic E-state index is 0.757. The van der Waals surface area contributed by atoms with Crippen molar-refractivity contribution in [3.05, 3.63) is 23.9 Å². The molecule has 1 aromatic heterocycles. The van der Waals surface area contributed by atoms with Gasteiger partial charge >= 0.3 is 0 Å². The zero-order chi connectivity index (χ0) is 13.8. The molecule has 102 valence electrons. The fourth-order valence-corrected chi connectivity index (χ4v) is 2.15. The van der Waals surface area contributed by atoms with Crippen molar-refractivity contribution in [3.8, 4) is 11.5 Å². The Morgan fingerprint density at radius 1 is 1.11 bits per heavy atom. The maximum absolute atomic E-state index is 5.47. The number of anilines is 1. The second-order valence-corrected chi connectivity index (χ2v) is 4.27. The number of fused-ring (bicyclic) bond motifs is 1. The first-order valence-electron chi connectivity index (χ1n) is 6.53. The number of ether oxygens (including phenoxy) is 2. The molecule has 0 saturated carbocycles. The maximum Gasteiger partial charge on any atom is 0.134 e. The molecule has 0 fully saturated rings. The van der Waals surface area contributed by atoms with Crippen molar-refractivity contribution in [1.82, 2.24) is 4.98 Å². The van der Waals surface area contributed by atoms with Crippen molar-refractivity contribution in [3.63, 3.8) is 0 Å². The van der Waals surface area contributed by atoms with Gasteiger partial charge in [-0.25, -0.2) is 0 Å². The highest BCUT2D eigenvalue weighted by Crippen LogP contribution is 2.35. The molecular formula is C15H20N2O2. The molecule has 0 unspecified atom stereocenters. The van der Waals surface area contributed by atoms with Crippen molar-refractivity contribution in [2.24, 2.45) is 0 Å². The molecule has 0 aliphatic rings. The van der Waals surface area contributed by atoms with Gasteiger partial charge in [-0.1, -0.05) is 6.92 Å². The van der Waals surface area contributed by atoms with Crippen LogP contribution in [-0.2, 0) is 6.42 Å². The van der Waals surface area contributed by atoms with Gasteiger partial charge in [-0.15, -0.1) is 0 Å². The van der Waals surface area contributed by atoms with Crippen LogP contribution < -0.4 is 14.8 Å². The van der Waals surface area contributed by atoms with E-state index in [0.717, 1.165) is 46.7 Å². The first kappa shape index (κ1) is 13.5. The highest BCUT2D eigenvalue weighted by Gasteiger charge is 2.12. The van der Waals surface area contributed by atoms with Crippen LogP contribution in [-0.4, -0.2) is 25.7 Å². The fraction of sp³-hybridized carbons (Fsp3) is 0.400. The van der Waals surface area contributed by atoms with Crippen LogP contribution in [0.4, 0.5) is 5.69 Å². The van der Waals surface area contributed by atoms with E-state index in [1.807, 2.05) is 12.1 Å². The molecule has 2 rings (SSSR count). The Kier molecular flexibility index (Phi) is 4.10. The van der Waals surface area contributed by atoms with Crippen LogP contribution in [0.2, 0.25) is 0 Å². The number of nitrogens with zero attached hydrogens (tertiary/aromatic N) is 1. The van der Waals surface area contributed by atoms with E-state index in [4.69, 9.17) is 9.47 Å². The molecule has 4 nitrogen and oxygen atoms in total. The van der Waals surface area contributed by atoms with Gasteiger partial charge in [0.05, 0.1) is 25.1 Å². The third-order valence-corrected chi connectivity index (χ3v) is 3.08. The summed E-state index contributed by atoms with van der Waals surface area (Å²) in [5.41, 5.74) is 3.01. The summed E-state index contributed by atoms with van der Waals surface area (Å²) >= 11 is 0. The summed E-state index contributed by atoms with van der Waals surface area (Å²) in [7, 11) is 3.31. The Morgan fingerprint density at radius 3 is 2.47 bits per heavy atom. The zero-order valence-electron chi connectivity index (χ0n) is 11.9. The lowest BCUT2D eigenvalue weighted by Gasteiger charge is -2.14. The highest BCUT2D eigenvalue weighted by molar-refractivity contribution is 5.97. The molecule has 0 aliphatic heterocycles. The van der Waals surface area contributed by atoms with Gasteiger partial charge < -0.3 is 14.8 Å². The van der Waals surface area contributed by atoms with Gasteiger partial charge in [0.15, 0.2) is 0 Å². The van der Waals surface area contributed by atoms with Crippen molar-refractivity contribution in [1.29, 1.82) is 0 Å². The lowest BCUT2D eigenvalue weighted by molar-refractivity contribution is 0.398. The van der Waals surface area contributed by atoms with E-state index in [9.17, 15) is 0 Å². The van der Waals surface area contributed by atoms with Crippen molar-refractivity contribution < 1.29 is 9.47 Å².